The molecule has 0 saturated heterocycles. The number of hydrogen-bond donors (Lipinski definition) is 1. The third kappa shape index (κ3) is 5.95. The lowest BCUT2D eigenvalue weighted by Crippen LogP contribution is -2.04. The molecule has 0 saturated carbocycles. The Kier molecular flexibility index (Phi) is 7.55. The van der Waals surface area contributed by atoms with Crippen molar-refractivity contribution >= 4 is 5.97 Å². The van der Waals surface area contributed by atoms with Gasteiger partial charge in [-0.05, 0) is 24.1 Å². The SMILES string of the molecule is CCCCCCCC(=O)OCc1ccc(O)c(OC)c1. The summed E-state index contributed by atoms with van der Waals surface area (Å²) in [4.78, 5) is 11.6. The van der Waals surface area contributed by atoms with Crippen molar-refractivity contribution in [1.29, 1.82) is 0 Å². The molecule has 0 aliphatic carbocycles. The second-order valence-electron chi connectivity index (χ2n) is 4.83. The van der Waals surface area contributed by atoms with Crippen molar-refractivity contribution in [2.45, 2.75) is 52.1 Å². The van der Waals surface area contributed by atoms with Crippen molar-refractivity contribution in [3.63, 3.8) is 0 Å². The van der Waals surface area contributed by atoms with Gasteiger partial charge in [-0.1, -0.05) is 38.7 Å². The Bertz CT molecular complexity index is 415. The second-order valence-corrected chi connectivity index (χ2v) is 4.83. The summed E-state index contributed by atoms with van der Waals surface area (Å²) in [6, 6.07) is 4.92. The largest absolute Gasteiger partial charge is 0.504 e. The Morgan fingerprint density at radius 3 is 2.65 bits per heavy atom. The summed E-state index contributed by atoms with van der Waals surface area (Å²) in [5.41, 5.74) is 0.805. The van der Waals surface area contributed by atoms with Gasteiger partial charge in [0, 0.05) is 6.42 Å². The van der Waals surface area contributed by atoms with Crippen LogP contribution in [0.1, 0.15) is 51.0 Å². The average molecular weight is 280 g/mol. The molecule has 112 valence electrons. The lowest BCUT2D eigenvalue weighted by atomic mass is 10.1. The van der Waals surface area contributed by atoms with Gasteiger partial charge in [0.25, 0.3) is 0 Å². The summed E-state index contributed by atoms with van der Waals surface area (Å²) >= 11 is 0. The molecule has 20 heavy (non-hydrogen) atoms. The van der Waals surface area contributed by atoms with Crippen molar-refractivity contribution < 1.29 is 19.4 Å². The minimum Gasteiger partial charge on any atom is -0.504 e. The minimum absolute atomic E-state index is 0.0819. The number of carbonyl (C=O) groups is 1. The molecule has 0 radical (unpaired) electrons. The molecule has 0 spiro atoms. The van der Waals surface area contributed by atoms with E-state index in [9.17, 15) is 9.90 Å². The quantitative estimate of drug-likeness (QED) is 0.552. The van der Waals surface area contributed by atoms with Crippen LogP contribution in [-0.2, 0) is 16.1 Å². The number of hydrogen-bond acceptors (Lipinski definition) is 4. The molecule has 0 unspecified atom stereocenters. The van der Waals surface area contributed by atoms with Gasteiger partial charge in [-0.2, -0.15) is 0 Å². The van der Waals surface area contributed by atoms with E-state index in [0.29, 0.717) is 12.2 Å². The summed E-state index contributed by atoms with van der Waals surface area (Å²) in [6.07, 6.45) is 6.04. The Labute approximate surface area is 120 Å². The standard InChI is InChI=1S/C16H24O4/c1-3-4-5-6-7-8-16(18)20-12-13-9-10-14(17)15(11-13)19-2/h9-11,17H,3-8,12H2,1-2H3. The number of aromatic hydroxyl groups is 1. The van der Waals surface area contributed by atoms with E-state index in [0.717, 1.165) is 18.4 Å². The summed E-state index contributed by atoms with van der Waals surface area (Å²) in [5, 5.41) is 9.47. The van der Waals surface area contributed by atoms with Crippen molar-refractivity contribution in [1.82, 2.24) is 0 Å². The van der Waals surface area contributed by atoms with E-state index in [1.165, 1.54) is 32.4 Å². The molecule has 1 N–H and O–H groups in total. The zero-order valence-electron chi connectivity index (χ0n) is 12.4. The number of phenols is 1. The lowest BCUT2D eigenvalue weighted by Gasteiger charge is -2.08. The predicted octanol–water partition coefficient (Wildman–Crippen LogP) is 3.80. The first-order valence-corrected chi connectivity index (χ1v) is 7.19. The molecule has 1 aromatic carbocycles. The Balaban J connectivity index is 2.27. The molecule has 0 amide bonds. The normalized spacial score (nSPS) is 10.3. The minimum atomic E-state index is -0.173. The number of carbonyl (C=O) groups excluding carboxylic acids is 1. The molecular formula is C16H24O4. The van der Waals surface area contributed by atoms with Gasteiger partial charge in [-0.3, -0.25) is 4.79 Å². The van der Waals surface area contributed by atoms with Crippen LogP contribution in [-0.4, -0.2) is 18.2 Å². The molecule has 4 heteroatoms. The number of unbranched alkanes of at least 4 members (excludes halogenated alkanes) is 4. The molecule has 0 bridgehead atoms. The summed E-state index contributed by atoms with van der Waals surface area (Å²) in [5.74, 6) is 0.296. The first kappa shape index (κ1) is 16.3. The molecule has 4 nitrogen and oxygen atoms in total. The Hall–Kier alpha value is -1.71. The topological polar surface area (TPSA) is 55.8 Å². The maximum atomic E-state index is 11.6. The summed E-state index contributed by atoms with van der Waals surface area (Å²) < 4.78 is 10.2. The molecule has 0 aliphatic heterocycles. The van der Waals surface area contributed by atoms with Crippen molar-refractivity contribution in [2.24, 2.45) is 0 Å². The maximum absolute atomic E-state index is 11.6. The molecular weight excluding hydrogens is 256 g/mol. The highest BCUT2D eigenvalue weighted by molar-refractivity contribution is 5.69. The fourth-order valence-corrected chi connectivity index (χ4v) is 1.92. The number of ether oxygens (including phenoxy) is 2. The van der Waals surface area contributed by atoms with Gasteiger partial charge < -0.3 is 14.6 Å². The van der Waals surface area contributed by atoms with Gasteiger partial charge in [0.1, 0.15) is 6.61 Å². The van der Waals surface area contributed by atoms with E-state index in [1.54, 1.807) is 12.1 Å². The fourth-order valence-electron chi connectivity index (χ4n) is 1.92. The summed E-state index contributed by atoms with van der Waals surface area (Å²) in [7, 11) is 1.49. The predicted molar refractivity (Wildman–Crippen MR) is 77.8 cm³/mol. The third-order valence-corrected chi connectivity index (χ3v) is 3.13. The van der Waals surface area contributed by atoms with E-state index in [-0.39, 0.29) is 18.3 Å². The maximum Gasteiger partial charge on any atom is 0.306 e. The van der Waals surface area contributed by atoms with Gasteiger partial charge >= 0.3 is 5.97 Å². The fraction of sp³-hybridized carbons (Fsp3) is 0.562. The highest BCUT2D eigenvalue weighted by atomic mass is 16.5. The Morgan fingerprint density at radius 2 is 1.95 bits per heavy atom. The second kappa shape index (κ2) is 9.23. The highest BCUT2D eigenvalue weighted by Crippen LogP contribution is 2.26. The lowest BCUT2D eigenvalue weighted by molar-refractivity contribution is -0.145. The smallest absolute Gasteiger partial charge is 0.306 e. The van der Waals surface area contributed by atoms with Crippen LogP contribution in [0.2, 0.25) is 0 Å². The molecule has 1 rings (SSSR count). The van der Waals surface area contributed by atoms with Crippen LogP contribution in [0.4, 0.5) is 0 Å². The van der Waals surface area contributed by atoms with Crippen LogP contribution in [0.3, 0.4) is 0 Å². The van der Waals surface area contributed by atoms with E-state index in [1.807, 2.05) is 0 Å². The zero-order valence-corrected chi connectivity index (χ0v) is 12.4. The third-order valence-electron chi connectivity index (χ3n) is 3.13. The summed E-state index contributed by atoms with van der Waals surface area (Å²) in [6.45, 7) is 2.38. The number of phenolic OH excluding ortho intramolecular Hbond substituents is 1. The van der Waals surface area contributed by atoms with Crippen molar-refractivity contribution in [3.8, 4) is 11.5 Å². The highest BCUT2D eigenvalue weighted by Gasteiger charge is 2.06. The average Bonchev–Trinajstić information content (AvgIpc) is 2.46. The van der Waals surface area contributed by atoms with Crippen LogP contribution >= 0.6 is 0 Å². The van der Waals surface area contributed by atoms with Crippen molar-refractivity contribution in [3.05, 3.63) is 23.8 Å². The molecule has 0 atom stereocenters. The van der Waals surface area contributed by atoms with Gasteiger partial charge in [0.15, 0.2) is 11.5 Å². The van der Waals surface area contributed by atoms with Gasteiger partial charge in [-0.25, -0.2) is 0 Å². The van der Waals surface area contributed by atoms with Gasteiger partial charge in [-0.15, -0.1) is 0 Å². The molecule has 0 aliphatic rings. The van der Waals surface area contributed by atoms with Crippen LogP contribution < -0.4 is 4.74 Å². The number of rotatable bonds is 9. The molecule has 0 aromatic heterocycles. The number of esters is 1. The van der Waals surface area contributed by atoms with E-state index in [4.69, 9.17) is 9.47 Å². The van der Waals surface area contributed by atoms with Gasteiger partial charge in [0.05, 0.1) is 7.11 Å². The van der Waals surface area contributed by atoms with E-state index >= 15 is 0 Å². The van der Waals surface area contributed by atoms with Crippen LogP contribution in [0.25, 0.3) is 0 Å². The van der Waals surface area contributed by atoms with Crippen LogP contribution in [0.15, 0.2) is 18.2 Å². The Morgan fingerprint density at radius 1 is 1.20 bits per heavy atom. The van der Waals surface area contributed by atoms with Crippen LogP contribution in [0, 0.1) is 0 Å². The first-order chi connectivity index (χ1) is 9.67. The van der Waals surface area contributed by atoms with E-state index < -0.39 is 0 Å². The molecule has 0 heterocycles. The first-order valence-electron chi connectivity index (χ1n) is 7.19. The van der Waals surface area contributed by atoms with Crippen LogP contribution in [0.5, 0.6) is 11.5 Å². The van der Waals surface area contributed by atoms with E-state index in [2.05, 4.69) is 6.92 Å². The number of benzene rings is 1. The number of methoxy groups -OCH3 is 1. The monoisotopic (exact) mass is 280 g/mol. The molecule has 0 fully saturated rings. The van der Waals surface area contributed by atoms with Crippen molar-refractivity contribution in [2.75, 3.05) is 7.11 Å². The zero-order chi connectivity index (χ0) is 14.8. The van der Waals surface area contributed by atoms with Gasteiger partial charge in [0.2, 0.25) is 0 Å². The molecule has 1 aromatic rings.